The largest absolute Gasteiger partial charge is 0.382 e. The predicted octanol–water partition coefficient (Wildman–Crippen LogP) is 2.61. The molecule has 0 saturated heterocycles. The second kappa shape index (κ2) is 8.67. The van der Waals surface area contributed by atoms with Gasteiger partial charge >= 0.3 is 0 Å². The van der Waals surface area contributed by atoms with Crippen molar-refractivity contribution in [1.29, 1.82) is 0 Å². The van der Waals surface area contributed by atoms with E-state index in [9.17, 15) is 0 Å². The summed E-state index contributed by atoms with van der Waals surface area (Å²) in [7, 11) is 0. The maximum Gasteiger partial charge on any atom is 0.0926 e. The second-order valence-electron chi connectivity index (χ2n) is 3.67. The number of thiazole rings is 1. The van der Waals surface area contributed by atoms with Crippen LogP contribution in [0.5, 0.6) is 0 Å². The number of nitrogens with zero attached hydrogens (tertiary/aromatic N) is 1. The lowest BCUT2D eigenvalue weighted by Crippen LogP contribution is -2.15. The molecule has 0 atom stereocenters. The Morgan fingerprint density at radius 1 is 1.38 bits per heavy atom. The Bertz CT molecular complexity index is 276. The number of ether oxygens (including phenoxy) is 1. The van der Waals surface area contributed by atoms with Crippen molar-refractivity contribution in [1.82, 2.24) is 10.3 Å². The minimum Gasteiger partial charge on any atom is -0.382 e. The van der Waals surface area contributed by atoms with E-state index in [2.05, 4.69) is 22.6 Å². The molecule has 0 radical (unpaired) electrons. The Morgan fingerprint density at radius 3 is 2.94 bits per heavy atom. The van der Waals surface area contributed by atoms with Gasteiger partial charge < -0.3 is 10.1 Å². The van der Waals surface area contributed by atoms with Gasteiger partial charge in [0.1, 0.15) is 0 Å². The molecule has 0 spiro atoms. The van der Waals surface area contributed by atoms with E-state index in [1.54, 1.807) is 11.3 Å². The third kappa shape index (κ3) is 5.58. The van der Waals surface area contributed by atoms with Crippen LogP contribution in [0.3, 0.4) is 0 Å². The number of hydrogen-bond donors (Lipinski definition) is 1. The fourth-order valence-corrected chi connectivity index (χ4v) is 2.15. The van der Waals surface area contributed by atoms with E-state index in [-0.39, 0.29) is 0 Å². The average Bonchev–Trinajstić information content (AvgIpc) is 2.76. The lowest BCUT2D eigenvalue weighted by atomic mass is 10.3. The van der Waals surface area contributed by atoms with Gasteiger partial charge in [0.2, 0.25) is 0 Å². The van der Waals surface area contributed by atoms with Crippen LogP contribution < -0.4 is 5.32 Å². The van der Waals surface area contributed by atoms with Crippen molar-refractivity contribution in [2.24, 2.45) is 0 Å². The van der Waals surface area contributed by atoms with Gasteiger partial charge in [-0.15, -0.1) is 11.3 Å². The van der Waals surface area contributed by atoms with Crippen LogP contribution in [0.2, 0.25) is 0 Å². The van der Waals surface area contributed by atoms with E-state index in [0.29, 0.717) is 0 Å². The van der Waals surface area contributed by atoms with Gasteiger partial charge in [0, 0.05) is 25.1 Å². The maximum absolute atomic E-state index is 5.28. The van der Waals surface area contributed by atoms with Crippen LogP contribution in [0.4, 0.5) is 0 Å². The van der Waals surface area contributed by atoms with Crippen molar-refractivity contribution in [3.63, 3.8) is 0 Å². The van der Waals surface area contributed by atoms with Gasteiger partial charge in [-0.2, -0.15) is 0 Å². The van der Waals surface area contributed by atoms with E-state index >= 15 is 0 Å². The molecule has 0 unspecified atom stereocenters. The summed E-state index contributed by atoms with van der Waals surface area (Å²) >= 11 is 1.75. The van der Waals surface area contributed by atoms with Crippen LogP contribution in [0, 0.1) is 0 Å². The molecule has 0 aliphatic rings. The highest BCUT2D eigenvalue weighted by atomic mass is 32.1. The van der Waals surface area contributed by atoms with Gasteiger partial charge in [-0.1, -0.05) is 6.92 Å². The first-order valence-corrected chi connectivity index (χ1v) is 6.96. The van der Waals surface area contributed by atoms with Crippen molar-refractivity contribution in [3.8, 4) is 0 Å². The normalized spacial score (nSPS) is 10.9. The first-order chi connectivity index (χ1) is 7.86. The van der Waals surface area contributed by atoms with Crippen LogP contribution in [-0.2, 0) is 17.7 Å². The standard InChI is InChI=1S/C12H22N2OS/c1-3-12-14-11(10-16-12)9-13-7-5-6-8-15-4-2/h10,13H,3-9H2,1-2H3. The monoisotopic (exact) mass is 242 g/mol. The van der Waals surface area contributed by atoms with Gasteiger partial charge in [0.15, 0.2) is 0 Å². The van der Waals surface area contributed by atoms with Crippen LogP contribution >= 0.6 is 11.3 Å². The highest BCUT2D eigenvalue weighted by molar-refractivity contribution is 7.09. The van der Waals surface area contributed by atoms with Crippen molar-refractivity contribution >= 4 is 11.3 Å². The molecule has 4 heteroatoms. The summed E-state index contributed by atoms with van der Waals surface area (Å²) in [5.74, 6) is 0. The third-order valence-electron chi connectivity index (χ3n) is 2.30. The summed E-state index contributed by atoms with van der Waals surface area (Å²) in [6.45, 7) is 7.83. The molecular weight excluding hydrogens is 220 g/mol. The first-order valence-electron chi connectivity index (χ1n) is 6.08. The van der Waals surface area contributed by atoms with Crippen LogP contribution in [0.15, 0.2) is 5.38 Å². The molecule has 1 aromatic heterocycles. The minimum atomic E-state index is 0.825. The Morgan fingerprint density at radius 2 is 2.25 bits per heavy atom. The quantitative estimate of drug-likeness (QED) is 0.676. The molecule has 0 fully saturated rings. The average molecular weight is 242 g/mol. The summed E-state index contributed by atoms with van der Waals surface area (Å²) < 4.78 is 5.28. The first kappa shape index (κ1) is 13.6. The van der Waals surface area contributed by atoms with E-state index in [4.69, 9.17) is 4.74 Å². The van der Waals surface area contributed by atoms with Crippen molar-refractivity contribution in [2.45, 2.75) is 39.7 Å². The second-order valence-corrected chi connectivity index (χ2v) is 4.61. The smallest absolute Gasteiger partial charge is 0.0926 e. The molecule has 0 aromatic carbocycles. The molecule has 0 aliphatic carbocycles. The highest BCUT2D eigenvalue weighted by Gasteiger charge is 1.98. The lowest BCUT2D eigenvalue weighted by molar-refractivity contribution is 0.143. The zero-order valence-corrected chi connectivity index (χ0v) is 11.1. The highest BCUT2D eigenvalue weighted by Crippen LogP contribution is 2.09. The van der Waals surface area contributed by atoms with Gasteiger partial charge in [-0.3, -0.25) is 0 Å². The summed E-state index contributed by atoms with van der Waals surface area (Å²) in [6, 6.07) is 0. The molecule has 92 valence electrons. The predicted molar refractivity (Wildman–Crippen MR) is 68.9 cm³/mol. The van der Waals surface area contributed by atoms with Gasteiger partial charge in [-0.25, -0.2) is 4.98 Å². The van der Waals surface area contributed by atoms with Crippen LogP contribution in [-0.4, -0.2) is 24.7 Å². The zero-order chi connectivity index (χ0) is 11.6. The number of hydrogen-bond acceptors (Lipinski definition) is 4. The molecule has 1 heterocycles. The zero-order valence-electron chi connectivity index (χ0n) is 10.3. The topological polar surface area (TPSA) is 34.1 Å². The van der Waals surface area contributed by atoms with Crippen LogP contribution in [0.1, 0.15) is 37.4 Å². The molecule has 0 saturated carbocycles. The molecule has 1 aromatic rings. The summed E-state index contributed by atoms with van der Waals surface area (Å²) in [4.78, 5) is 4.51. The Hall–Kier alpha value is -0.450. The molecule has 16 heavy (non-hydrogen) atoms. The molecule has 1 rings (SSSR count). The van der Waals surface area contributed by atoms with E-state index < -0.39 is 0 Å². The number of unbranched alkanes of at least 4 members (excludes halogenated alkanes) is 1. The fraction of sp³-hybridized carbons (Fsp3) is 0.750. The lowest BCUT2D eigenvalue weighted by Gasteiger charge is -2.03. The fourth-order valence-electron chi connectivity index (χ4n) is 1.41. The number of aromatic nitrogens is 1. The minimum absolute atomic E-state index is 0.825. The number of aryl methyl sites for hydroxylation is 1. The Balaban J connectivity index is 1.98. The number of rotatable bonds is 9. The van der Waals surface area contributed by atoms with Gasteiger partial charge in [-0.05, 0) is 32.7 Å². The number of nitrogens with one attached hydrogen (secondary N) is 1. The van der Waals surface area contributed by atoms with Crippen molar-refractivity contribution in [2.75, 3.05) is 19.8 Å². The summed E-state index contributed by atoms with van der Waals surface area (Å²) in [5, 5.41) is 6.78. The van der Waals surface area contributed by atoms with E-state index in [1.165, 1.54) is 17.1 Å². The molecule has 0 amide bonds. The summed E-state index contributed by atoms with van der Waals surface area (Å²) in [6.07, 6.45) is 3.35. The Kier molecular flexibility index (Phi) is 7.38. The maximum atomic E-state index is 5.28. The van der Waals surface area contributed by atoms with Gasteiger partial charge in [0.05, 0.1) is 10.7 Å². The molecule has 0 aliphatic heterocycles. The van der Waals surface area contributed by atoms with E-state index in [0.717, 1.165) is 39.1 Å². The summed E-state index contributed by atoms with van der Waals surface area (Å²) in [5.41, 5.74) is 1.17. The van der Waals surface area contributed by atoms with E-state index in [1.807, 2.05) is 6.92 Å². The SMILES string of the molecule is CCOCCCCNCc1csc(CC)n1. The van der Waals surface area contributed by atoms with Crippen LogP contribution in [0.25, 0.3) is 0 Å². The van der Waals surface area contributed by atoms with Crippen molar-refractivity contribution < 1.29 is 4.74 Å². The Labute approximate surface area is 102 Å². The van der Waals surface area contributed by atoms with Crippen molar-refractivity contribution in [3.05, 3.63) is 16.1 Å². The third-order valence-corrected chi connectivity index (χ3v) is 3.35. The molecular formula is C12H22N2OS. The molecule has 1 N–H and O–H groups in total. The van der Waals surface area contributed by atoms with Gasteiger partial charge in [0.25, 0.3) is 0 Å². The molecule has 3 nitrogen and oxygen atoms in total. The molecule has 0 bridgehead atoms.